The fraction of sp³-hybridized carbons (Fsp3) is 0.421. The maximum absolute atomic E-state index is 13.1. The van der Waals surface area contributed by atoms with E-state index in [1.807, 2.05) is 0 Å². The van der Waals surface area contributed by atoms with Gasteiger partial charge in [0.1, 0.15) is 11.5 Å². The van der Waals surface area contributed by atoms with Gasteiger partial charge >= 0.3 is 12.3 Å². The van der Waals surface area contributed by atoms with Crippen LogP contribution in [0.2, 0.25) is 0 Å². The van der Waals surface area contributed by atoms with Gasteiger partial charge in [0.15, 0.2) is 17.2 Å². The van der Waals surface area contributed by atoms with Crippen molar-refractivity contribution in [2.45, 2.75) is 19.0 Å². The van der Waals surface area contributed by atoms with Crippen LogP contribution in [0.1, 0.15) is 18.5 Å². The zero-order chi connectivity index (χ0) is 21.8. The molecule has 1 N–H and O–H groups in total. The summed E-state index contributed by atoms with van der Waals surface area (Å²) < 4.78 is 40.5. The summed E-state index contributed by atoms with van der Waals surface area (Å²) in [5.74, 6) is 0.944. The number of carbonyl (C=O) groups is 1. The molecule has 2 saturated heterocycles. The summed E-state index contributed by atoms with van der Waals surface area (Å²) in [6.45, 7) is 2.56. The number of hydrogen-bond donors (Lipinski definition) is 1. The summed E-state index contributed by atoms with van der Waals surface area (Å²) in [7, 11) is 0. The lowest BCUT2D eigenvalue weighted by Crippen LogP contribution is -2.61. The number of alkyl halides is 3. The van der Waals surface area contributed by atoms with Crippen LogP contribution in [0.3, 0.4) is 0 Å². The van der Waals surface area contributed by atoms with Crippen LogP contribution < -0.4 is 4.90 Å². The van der Waals surface area contributed by atoms with Crippen molar-refractivity contribution in [3.8, 4) is 11.5 Å². The van der Waals surface area contributed by atoms with Gasteiger partial charge in [0, 0.05) is 44.0 Å². The Labute approximate surface area is 174 Å². The smallest absolute Gasteiger partial charge is 0.434 e. The predicted molar refractivity (Wildman–Crippen MR) is 102 cm³/mol. The quantitative estimate of drug-likeness (QED) is 0.663. The number of nitrogens with zero attached hydrogens (tertiary/aromatic N) is 7. The average Bonchev–Trinajstić information content (AvgIpc) is 3.15. The molecule has 0 radical (unpaired) electrons. The van der Waals surface area contributed by atoms with E-state index >= 15 is 0 Å². The molecule has 2 aliphatic rings. The first-order valence-electron chi connectivity index (χ1n) is 9.71. The van der Waals surface area contributed by atoms with E-state index in [0.29, 0.717) is 24.6 Å². The predicted octanol–water partition coefficient (Wildman–Crippen LogP) is 2.79. The minimum absolute atomic E-state index is 0.0351. The van der Waals surface area contributed by atoms with Gasteiger partial charge in [0.2, 0.25) is 0 Å². The average molecular weight is 433 g/mol. The van der Waals surface area contributed by atoms with E-state index in [-0.39, 0.29) is 16.9 Å². The number of aromatic nitrogens is 5. The maximum atomic E-state index is 13.1. The molecule has 0 atom stereocenters. The third kappa shape index (κ3) is 3.41. The number of piperidine rings is 1. The van der Waals surface area contributed by atoms with Crippen LogP contribution in [0.25, 0.3) is 17.2 Å². The largest absolute Gasteiger partial charge is 0.465 e. The number of hydrogen-bond acceptors (Lipinski definition) is 6. The van der Waals surface area contributed by atoms with E-state index in [9.17, 15) is 18.0 Å². The van der Waals surface area contributed by atoms with Gasteiger partial charge < -0.3 is 14.9 Å². The van der Waals surface area contributed by atoms with Gasteiger partial charge in [0.05, 0.1) is 12.4 Å². The van der Waals surface area contributed by atoms with Gasteiger partial charge in [-0.15, -0.1) is 0 Å². The second kappa shape index (κ2) is 6.79. The standard InChI is InChI=1S/C19H18F3N7O2/c20-19(21,22)13-9-29-12(7-25-15(29)8-24-13)16-23-4-1-14(26-16)27-5-2-18(3-6-27)10-28(11-18)17(30)31/h1,4,7-9H,2-3,5-6,10-11H2,(H,30,31). The highest BCUT2D eigenvalue weighted by Gasteiger charge is 2.47. The zero-order valence-corrected chi connectivity index (χ0v) is 16.2. The van der Waals surface area contributed by atoms with Crippen molar-refractivity contribution in [1.29, 1.82) is 0 Å². The minimum atomic E-state index is -4.57. The van der Waals surface area contributed by atoms with E-state index in [4.69, 9.17) is 5.11 Å². The van der Waals surface area contributed by atoms with Gasteiger partial charge in [-0.25, -0.2) is 24.7 Å². The van der Waals surface area contributed by atoms with Crippen LogP contribution in [0.4, 0.5) is 23.8 Å². The van der Waals surface area contributed by atoms with Crippen molar-refractivity contribution in [3.63, 3.8) is 0 Å². The Balaban J connectivity index is 1.37. The van der Waals surface area contributed by atoms with Crippen molar-refractivity contribution < 1.29 is 23.1 Å². The molecule has 0 saturated carbocycles. The number of likely N-dealkylation sites (tertiary alicyclic amines) is 1. The van der Waals surface area contributed by atoms with Crippen LogP contribution in [-0.2, 0) is 6.18 Å². The van der Waals surface area contributed by atoms with Crippen LogP contribution >= 0.6 is 0 Å². The van der Waals surface area contributed by atoms with Gasteiger partial charge in [0.25, 0.3) is 0 Å². The van der Waals surface area contributed by atoms with Gasteiger partial charge in [-0.3, -0.25) is 4.40 Å². The Morgan fingerprint density at radius 3 is 2.52 bits per heavy atom. The molecule has 3 aromatic heterocycles. The summed E-state index contributed by atoms with van der Waals surface area (Å²) in [6, 6.07) is 1.76. The maximum Gasteiger partial charge on any atom is 0.434 e. The monoisotopic (exact) mass is 433 g/mol. The van der Waals surface area contributed by atoms with Crippen molar-refractivity contribution in [2.75, 3.05) is 31.1 Å². The molecule has 9 nitrogen and oxygen atoms in total. The van der Waals surface area contributed by atoms with Crippen molar-refractivity contribution in [1.82, 2.24) is 29.2 Å². The van der Waals surface area contributed by atoms with E-state index < -0.39 is 18.0 Å². The summed E-state index contributed by atoms with van der Waals surface area (Å²) >= 11 is 0. The Kier molecular flexibility index (Phi) is 4.27. The fourth-order valence-corrected chi connectivity index (χ4v) is 4.27. The molecule has 1 spiro atoms. The highest BCUT2D eigenvalue weighted by Crippen LogP contribution is 2.41. The summed E-state index contributed by atoms with van der Waals surface area (Å²) in [5.41, 5.74) is -0.375. The molecule has 1 amide bonds. The Bertz CT molecular complexity index is 1150. The normalized spacial score (nSPS) is 18.4. The second-order valence-electron chi connectivity index (χ2n) is 8.01. The molecule has 162 valence electrons. The topological polar surface area (TPSA) is 99.8 Å². The highest BCUT2D eigenvalue weighted by atomic mass is 19.4. The van der Waals surface area contributed by atoms with Crippen LogP contribution in [0.15, 0.2) is 30.9 Å². The number of carboxylic acid groups (broad SMARTS) is 1. The van der Waals surface area contributed by atoms with Gasteiger partial charge in [-0.1, -0.05) is 0 Å². The Morgan fingerprint density at radius 1 is 1.10 bits per heavy atom. The SMILES string of the molecule is O=C(O)N1CC2(CCN(c3ccnc(-c4cnc5cnc(C(F)(F)F)cn45)n3)CC2)C1. The van der Waals surface area contributed by atoms with Crippen LogP contribution in [0.5, 0.6) is 0 Å². The van der Waals surface area contributed by atoms with Crippen molar-refractivity contribution in [2.24, 2.45) is 5.41 Å². The first-order valence-corrected chi connectivity index (χ1v) is 9.71. The summed E-state index contributed by atoms with van der Waals surface area (Å²) in [5, 5.41) is 9.06. The number of rotatable bonds is 2. The Morgan fingerprint density at radius 2 is 1.84 bits per heavy atom. The molecule has 5 rings (SSSR count). The third-order valence-corrected chi connectivity index (χ3v) is 6.03. The molecular weight excluding hydrogens is 415 g/mol. The molecule has 31 heavy (non-hydrogen) atoms. The second-order valence-corrected chi connectivity index (χ2v) is 8.01. The lowest BCUT2D eigenvalue weighted by molar-refractivity contribution is -0.141. The molecule has 0 unspecified atom stereocenters. The fourth-order valence-electron chi connectivity index (χ4n) is 4.27. The number of halogens is 3. The molecule has 0 aliphatic carbocycles. The van der Waals surface area contributed by atoms with Crippen molar-refractivity contribution in [3.05, 3.63) is 36.5 Å². The number of anilines is 1. The number of imidazole rings is 1. The molecule has 12 heteroatoms. The number of fused-ring (bicyclic) bond motifs is 1. The summed E-state index contributed by atoms with van der Waals surface area (Å²) in [4.78, 5) is 30.9. The van der Waals surface area contributed by atoms with Crippen LogP contribution in [-0.4, -0.2) is 66.6 Å². The molecule has 2 aliphatic heterocycles. The first kappa shape index (κ1) is 19.5. The molecule has 0 aromatic carbocycles. The van der Waals surface area contributed by atoms with Crippen molar-refractivity contribution >= 4 is 17.6 Å². The Hall–Kier alpha value is -3.44. The van der Waals surface area contributed by atoms with Gasteiger partial charge in [-0.2, -0.15) is 13.2 Å². The molecular formula is C19H18F3N7O2. The highest BCUT2D eigenvalue weighted by molar-refractivity contribution is 5.66. The zero-order valence-electron chi connectivity index (χ0n) is 16.2. The molecule has 3 aromatic rings. The van der Waals surface area contributed by atoms with E-state index in [1.165, 1.54) is 15.5 Å². The van der Waals surface area contributed by atoms with Gasteiger partial charge in [-0.05, 0) is 18.9 Å². The molecule has 2 fully saturated rings. The molecule has 0 bridgehead atoms. The van der Waals surface area contributed by atoms with E-state index in [1.54, 1.807) is 12.3 Å². The van der Waals surface area contributed by atoms with Crippen LogP contribution in [0, 0.1) is 5.41 Å². The first-order chi connectivity index (χ1) is 14.7. The lowest BCUT2D eigenvalue weighted by Gasteiger charge is -2.53. The van der Waals surface area contributed by atoms with E-state index in [0.717, 1.165) is 38.3 Å². The lowest BCUT2D eigenvalue weighted by atomic mass is 9.72. The summed E-state index contributed by atoms with van der Waals surface area (Å²) in [6.07, 6.45) is 1.21. The minimum Gasteiger partial charge on any atom is -0.465 e. The molecule has 5 heterocycles. The third-order valence-electron chi connectivity index (χ3n) is 6.03. The number of amides is 1. The van der Waals surface area contributed by atoms with E-state index in [2.05, 4.69) is 24.8 Å².